The Balaban J connectivity index is 0.947. The number of ether oxygens (including phenoxy) is 2. The van der Waals surface area contributed by atoms with Crippen LogP contribution in [0.5, 0.6) is 5.75 Å². The van der Waals surface area contributed by atoms with Crippen LogP contribution in [0.2, 0.25) is 0 Å². The Morgan fingerprint density at radius 1 is 1.17 bits per heavy atom. The first-order valence-corrected chi connectivity index (χ1v) is 14.6. The lowest BCUT2D eigenvalue weighted by molar-refractivity contribution is -0.274. The van der Waals surface area contributed by atoms with E-state index in [0.717, 1.165) is 44.3 Å². The van der Waals surface area contributed by atoms with E-state index in [4.69, 9.17) is 10.5 Å². The third-order valence-electron chi connectivity index (χ3n) is 9.78. The van der Waals surface area contributed by atoms with Gasteiger partial charge in [-0.05, 0) is 57.2 Å². The van der Waals surface area contributed by atoms with Crippen LogP contribution in [0.3, 0.4) is 0 Å². The molecule has 8 atom stereocenters. The Labute approximate surface area is 238 Å². The summed E-state index contributed by atoms with van der Waals surface area (Å²) in [5.41, 5.74) is 7.73. The maximum atomic E-state index is 12.6. The molecule has 1 aromatic carbocycles. The molecule has 0 radical (unpaired) electrons. The van der Waals surface area contributed by atoms with Crippen LogP contribution in [0.25, 0.3) is 0 Å². The minimum Gasteiger partial charge on any atom is -0.406 e. The van der Waals surface area contributed by atoms with Crippen molar-refractivity contribution < 1.29 is 32.9 Å². The second-order valence-electron chi connectivity index (χ2n) is 12.3. The summed E-state index contributed by atoms with van der Waals surface area (Å²) in [6.45, 7) is 1.88. The topological polar surface area (TPSA) is 131 Å². The van der Waals surface area contributed by atoms with E-state index in [-0.39, 0.29) is 30.2 Å². The van der Waals surface area contributed by atoms with Gasteiger partial charge in [-0.3, -0.25) is 15.5 Å². The average molecular weight is 586 g/mol. The summed E-state index contributed by atoms with van der Waals surface area (Å²) in [6.07, 6.45) is -2.96. The number of likely N-dealkylation sites (tertiary alicyclic amines) is 1. The number of nitrogens with two attached hydrogens (primary N) is 1. The molecule has 230 valence electrons. The molecule has 11 nitrogen and oxygen atoms in total. The van der Waals surface area contributed by atoms with Gasteiger partial charge in [-0.25, -0.2) is 0 Å². The molecule has 7 N–H and O–H groups in total. The van der Waals surface area contributed by atoms with E-state index >= 15 is 0 Å². The first kappa shape index (κ1) is 29.2. The van der Waals surface area contributed by atoms with Crippen LogP contribution in [0.1, 0.15) is 32.1 Å². The number of halogens is 3. The van der Waals surface area contributed by atoms with Gasteiger partial charge in [-0.1, -0.05) is 0 Å². The largest absolute Gasteiger partial charge is 0.573 e. The Morgan fingerprint density at radius 2 is 1.95 bits per heavy atom. The van der Waals surface area contributed by atoms with Crippen LogP contribution in [-0.4, -0.2) is 109 Å². The van der Waals surface area contributed by atoms with Crippen LogP contribution in [0, 0.1) is 11.8 Å². The molecular formula is C27H42F3N7O4. The van der Waals surface area contributed by atoms with Gasteiger partial charge in [0.2, 0.25) is 0 Å². The molecule has 14 heteroatoms. The van der Waals surface area contributed by atoms with Crippen LogP contribution in [-0.2, 0) is 4.74 Å². The smallest absolute Gasteiger partial charge is 0.406 e. The summed E-state index contributed by atoms with van der Waals surface area (Å²) in [4.78, 5) is 6.39. The van der Waals surface area contributed by atoms with E-state index in [1.807, 2.05) is 14.1 Å². The standard InChI is InChI=1S/C27H42F3N7O4/c1-35(12-20-22(38)23(39)26(40-20)37-8-7-17-24(31)32-13-33-25(17)37)15-9-14(10-15)3-6-21-34-18-11-16(41-27(28,29)30)4-5-19(18)36(21)2/h4-5,11,14-15,17,20-26,32-34,38-39H,3,6-10,12-13,31H2,1-2H3/t14-,15-,17?,20-,21?,22-,23-,24?,25?,26-/m1/s1. The lowest BCUT2D eigenvalue weighted by Crippen LogP contribution is -2.64. The Bertz CT molecular complexity index is 1080. The van der Waals surface area contributed by atoms with Gasteiger partial charge in [0.15, 0.2) is 0 Å². The zero-order chi connectivity index (χ0) is 29.1. The summed E-state index contributed by atoms with van der Waals surface area (Å²) >= 11 is 0. The van der Waals surface area contributed by atoms with Crippen molar-refractivity contribution in [1.82, 2.24) is 20.4 Å². The lowest BCUT2D eigenvalue weighted by atomic mass is 9.76. The summed E-state index contributed by atoms with van der Waals surface area (Å²) in [5, 5.41) is 31.7. The van der Waals surface area contributed by atoms with Gasteiger partial charge >= 0.3 is 6.36 Å². The molecule has 4 unspecified atom stereocenters. The summed E-state index contributed by atoms with van der Waals surface area (Å²) in [5.74, 6) is 0.546. The second kappa shape index (κ2) is 11.3. The molecule has 4 aliphatic heterocycles. The second-order valence-corrected chi connectivity index (χ2v) is 12.3. The molecule has 1 aromatic rings. The van der Waals surface area contributed by atoms with Crippen molar-refractivity contribution >= 4 is 11.4 Å². The van der Waals surface area contributed by atoms with Crippen molar-refractivity contribution in [2.24, 2.45) is 17.6 Å². The monoisotopic (exact) mass is 585 g/mol. The van der Waals surface area contributed by atoms with E-state index < -0.39 is 30.9 Å². The zero-order valence-electron chi connectivity index (χ0n) is 23.4. The fourth-order valence-electron chi connectivity index (χ4n) is 7.33. The molecule has 0 amide bonds. The van der Waals surface area contributed by atoms with Gasteiger partial charge in [0.1, 0.15) is 30.3 Å². The van der Waals surface area contributed by atoms with E-state index in [1.54, 1.807) is 6.07 Å². The number of nitrogens with zero attached hydrogens (tertiary/aromatic N) is 3. The van der Waals surface area contributed by atoms with Crippen molar-refractivity contribution in [2.75, 3.05) is 44.1 Å². The van der Waals surface area contributed by atoms with Crippen LogP contribution >= 0.6 is 0 Å². The molecule has 4 heterocycles. The molecular weight excluding hydrogens is 543 g/mol. The minimum atomic E-state index is -4.72. The van der Waals surface area contributed by atoms with Crippen LogP contribution in [0.15, 0.2) is 18.2 Å². The van der Waals surface area contributed by atoms with Gasteiger partial charge in [0, 0.05) is 44.8 Å². The molecule has 4 fully saturated rings. The SMILES string of the molecule is CN1c2ccc(OC(F)(F)F)cc2NC1CC[C@H]1C[C@H](N(C)C[C@H]2O[C@@H](N3CCC4C(N)NCNC43)[C@H](O)[C@@H]2O)C1. The number of likely N-dealkylation sites (N-methyl/N-ethyl adjacent to an activating group) is 1. The average Bonchev–Trinajstić information content (AvgIpc) is 3.53. The third-order valence-corrected chi connectivity index (χ3v) is 9.78. The maximum absolute atomic E-state index is 12.6. The maximum Gasteiger partial charge on any atom is 0.573 e. The van der Waals surface area contributed by atoms with E-state index in [1.165, 1.54) is 12.1 Å². The Morgan fingerprint density at radius 3 is 2.71 bits per heavy atom. The molecule has 1 aliphatic carbocycles. The normalized spacial score (nSPS) is 39.0. The quantitative estimate of drug-likeness (QED) is 0.259. The fourth-order valence-corrected chi connectivity index (χ4v) is 7.33. The van der Waals surface area contributed by atoms with Gasteiger partial charge in [-0.15, -0.1) is 13.2 Å². The van der Waals surface area contributed by atoms with Crippen LogP contribution in [0.4, 0.5) is 24.5 Å². The number of hydrogen-bond donors (Lipinski definition) is 6. The highest BCUT2D eigenvalue weighted by Crippen LogP contribution is 2.41. The summed E-state index contributed by atoms with van der Waals surface area (Å²) in [7, 11) is 3.98. The van der Waals surface area contributed by atoms with Crippen molar-refractivity contribution in [3.05, 3.63) is 18.2 Å². The number of alkyl halides is 3. The number of aliphatic hydroxyl groups is 2. The van der Waals surface area contributed by atoms with Crippen molar-refractivity contribution in [3.8, 4) is 5.75 Å². The molecule has 5 aliphatic rings. The van der Waals surface area contributed by atoms with E-state index in [9.17, 15) is 23.4 Å². The first-order valence-electron chi connectivity index (χ1n) is 14.6. The zero-order valence-corrected chi connectivity index (χ0v) is 23.4. The van der Waals surface area contributed by atoms with E-state index in [0.29, 0.717) is 30.9 Å². The molecule has 1 saturated carbocycles. The fraction of sp³-hybridized carbons (Fsp3) is 0.778. The van der Waals surface area contributed by atoms with Gasteiger partial charge in [0.25, 0.3) is 0 Å². The molecule has 3 saturated heterocycles. The molecule has 6 rings (SSSR count). The van der Waals surface area contributed by atoms with Gasteiger partial charge < -0.3 is 40.5 Å². The minimum absolute atomic E-state index is 0.0116. The van der Waals surface area contributed by atoms with Crippen molar-refractivity contribution in [2.45, 2.75) is 87.5 Å². The number of benzene rings is 1. The number of rotatable bonds is 8. The number of aliphatic hydroxyl groups excluding tert-OH is 2. The van der Waals surface area contributed by atoms with E-state index in [2.05, 4.69) is 35.4 Å². The number of nitrogens with one attached hydrogen (secondary N) is 3. The molecule has 0 spiro atoms. The predicted octanol–water partition coefficient (Wildman–Crippen LogP) is 0.793. The molecule has 0 bridgehead atoms. The first-order chi connectivity index (χ1) is 19.5. The molecule has 41 heavy (non-hydrogen) atoms. The van der Waals surface area contributed by atoms with Gasteiger partial charge in [0.05, 0.1) is 29.9 Å². The highest BCUT2D eigenvalue weighted by molar-refractivity contribution is 5.77. The van der Waals surface area contributed by atoms with Gasteiger partial charge in [-0.2, -0.15) is 0 Å². The summed E-state index contributed by atoms with van der Waals surface area (Å²) < 4.78 is 48.1. The number of fused-ring (bicyclic) bond motifs is 2. The van der Waals surface area contributed by atoms with Crippen molar-refractivity contribution in [3.63, 3.8) is 0 Å². The highest BCUT2D eigenvalue weighted by atomic mass is 19.4. The van der Waals surface area contributed by atoms with Crippen molar-refractivity contribution in [1.29, 1.82) is 0 Å². The van der Waals surface area contributed by atoms with Crippen LogP contribution < -0.4 is 31.3 Å². The third kappa shape index (κ3) is 5.85. The lowest BCUT2D eigenvalue weighted by Gasteiger charge is -2.43. The number of anilines is 2. The Hall–Kier alpha value is -1.91. The summed E-state index contributed by atoms with van der Waals surface area (Å²) in [6, 6.07) is 4.76. The molecule has 0 aromatic heterocycles. The predicted molar refractivity (Wildman–Crippen MR) is 146 cm³/mol. The highest BCUT2D eigenvalue weighted by Gasteiger charge is 2.52. The Kier molecular flexibility index (Phi) is 8.04. The number of hydrogen-bond acceptors (Lipinski definition) is 11.